The first kappa shape index (κ1) is 24.1. The third-order valence-electron chi connectivity index (χ3n) is 6.87. The topological polar surface area (TPSA) is 80.8 Å². The molecular weight excluding hydrogens is 454 g/mol. The Hall–Kier alpha value is -3.61. The predicted octanol–water partition coefficient (Wildman–Crippen LogP) is 5.10. The van der Waals surface area contributed by atoms with Crippen LogP contribution in [0, 0.1) is 5.92 Å². The Balaban J connectivity index is 1.44. The SMILES string of the molecule is CC(Oc1cc(-c2ccc3c(c2)CN(C(=O)OC(C)(C)C)CC3)cc2ncccc12)C1CNC(=O)C1. The number of aromatic nitrogens is 1. The summed E-state index contributed by atoms with van der Waals surface area (Å²) in [6.07, 6.45) is 2.67. The molecule has 1 fully saturated rings. The van der Waals surface area contributed by atoms with Gasteiger partial charge in [-0.05, 0) is 86.7 Å². The van der Waals surface area contributed by atoms with Crippen LogP contribution in [0.2, 0.25) is 0 Å². The van der Waals surface area contributed by atoms with Gasteiger partial charge in [0.1, 0.15) is 17.5 Å². The van der Waals surface area contributed by atoms with E-state index in [0.29, 0.717) is 26.1 Å². The Bertz CT molecular complexity index is 1310. The summed E-state index contributed by atoms with van der Waals surface area (Å²) in [6, 6.07) is 14.5. The molecule has 1 saturated heterocycles. The second-order valence-electron chi connectivity index (χ2n) is 10.8. The number of carbonyl (C=O) groups is 2. The van der Waals surface area contributed by atoms with Crippen LogP contribution in [0.1, 0.15) is 45.2 Å². The molecule has 0 aliphatic carbocycles. The number of nitrogens with zero attached hydrogens (tertiary/aromatic N) is 2. The van der Waals surface area contributed by atoms with Crippen molar-refractivity contribution in [1.29, 1.82) is 0 Å². The number of hydrogen-bond donors (Lipinski definition) is 1. The fourth-order valence-corrected chi connectivity index (χ4v) is 4.89. The fraction of sp³-hybridized carbons (Fsp3) is 0.414. The van der Waals surface area contributed by atoms with Gasteiger partial charge in [-0.1, -0.05) is 12.1 Å². The lowest BCUT2D eigenvalue weighted by Crippen LogP contribution is -2.39. The van der Waals surface area contributed by atoms with Crippen LogP contribution >= 0.6 is 0 Å². The molecule has 7 heteroatoms. The molecule has 3 heterocycles. The summed E-state index contributed by atoms with van der Waals surface area (Å²) in [5, 5.41) is 3.84. The minimum Gasteiger partial charge on any atom is -0.490 e. The smallest absolute Gasteiger partial charge is 0.410 e. The number of ether oxygens (including phenoxy) is 2. The van der Waals surface area contributed by atoms with Crippen molar-refractivity contribution in [3.8, 4) is 16.9 Å². The molecule has 2 atom stereocenters. The lowest BCUT2D eigenvalue weighted by Gasteiger charge is -2.31. The molecule has 0 radical (unpaired) electrons. The molecule has 2 aliphatic heterocycles. The molecule has 2 amide bonds. The van der Waals surface area contributed by atoms with Gasteiger partial charge in [-0.25, -0.2) is 4.79 Å². The Morgan fingerprint density at radius 2 is 1.97 bits per heavy atom. The molecule has 1 aromatic heterocycles. The van der Waals surface area contributed by atoms with Gasteiger partial charge in [0.05, 0.1) is 5.52 Å². The fourth-order valence-electron chi connectivity index (χ4n) is 4.89. The van der Waals surface area contributed by atoms with Crippen LogP contribution in [0.5, 0.6) is 5.75 Å². The van der Waals surface area contributed by atoms with Gasteiger partial charge in [0.15, 0.2) is 0 Å². The van der Waals surface area contributed by atoms with E-state index < -0.39 is 5.60 Å². The molecule has 0 spiro atoms. The highest BCUT2D eigenvalue weighted by atomic mass is 16.6. The number of fused-ring (bicyclic) bond motifs is 2. The average molecular weight is 488 g/mol. The van der Waals surface area contributed by atoms with Gasteiger partial charge >= 0.3 is 6.09 Å². The molecule has 0 bridgehead atoms. The first-order chi connectivity index (χ1) is 17.2. The van der Waals surface area contributed by atoms with Crippen molar-refractivity contribution in [1.82, 2.24) is 15.2 Å². The van der Waals surface area contributed by atoms with Crippen molar-refractivity contribution in [2.75, 3.05) is 13.1 Å². The lowest BCUT2D eigenvalue weighted by atomic mass is 9.94. The third kappa shape index (κ3) is 5.15. The average Bonchev–Trinajstić information content (AvgIpc) is 3.28. The van der Waals surface area contributed by atoms with Gasteiger partial charge in [0.25, 0.3) is 0 Å². The molecule has 3 aromatic rings. The minimum absolute atomic E-state index is 0.0743. The summed E-state index contributed by atoms with van der Waals surface area (Å²) < 4.78 is 12.0. The van der Waals surface area contributed by atoms with Crippen LogP contribution in [0.15, 0.2) is 48.7 Å². The molecule has 36 heavy (non-hydrogen) atoms. The zero-order chi connectivity index (χ0) is 25.4. The number of rotatable bonds is 4. The second kappa shape index (κ2) is 9.45. The summed E-state index contributed by atoms with van der Waals surface area (Å²) in [6.45, 7) is 9.48. The van der Waals surface area contributed by atoms with E-state index in [1.807, 2.05) is 39.8 Å². The quantitative estimate of drug-likeness (QED) is 0.554. The summed E-state index contributed by atoms with van der Waals surface area (Å²) >= 11 is 0. The first-order valence-corrected chi connectivity index (χ1v) is 12.6. The summed E-state index contributed by atoms with van der Waals surface area (Å²) in [5.41, 5.74) is 4.75. The number of hydrogen-bond acceptors (Lipinski definition) is 5. The number of benzene rings is 2. The van der Waals surface area contributed by atoms with E-state index in [9.17, 15) is 9.59 Å². The Labute approximate surface area is 211 Å². The van der Waals surface area contributed by atoms with E-state index in [1.165, 1.54) is 5.56 Å². The third-order valence-corrected chi connectivity index (χ3v) is 6.87. The van der Waals surface area contributed by atoms with Gasteiger partial charge in [0.2, 0.25) is 5.91 Å². The summed E-state index contributed by atoms with van der Waals surface area (Å²) in [5.74, 6) is 0.969. The maximum atomic E-state index is 12.7. The lowest BCUT2D eigenvalue weighted by molar-refractivity contribution is -0.119. The van der Waals surface area contributed by atoms with Crippen molar-refractivity contribution < 1.29 is 19.1 Å². The van der Waals surface area contributed by atoms with E-state index in [-0.39, 0.29) is 24.0 Å². The molecule has 2 aliphatic rings. The van der Waals surface area contributed by atoms with Gasteiger partial charge in [-0.3, -0.25) is 9.78 Å². The highest BCUT2D eigenvalue weighted by Crippen LogP contribution is 2.35. The summed E-state index contributed by atoms with van der Waals surface area (Å²) in [4.78, 5) is 30.7. The second-order valence-corrected chi connectivity index (χ2v) is 10.8. The van der Waals surface area contributed by atoms with Gasteiger partial charge in [-0.2, -0.15) is 0 Å². The normalized spacial score (nSPS) is 18.5. The number of pyridine rings is 1. The van der Waals surface area contributed by atoms with Crippen LogP contribution in [0.4, 0.5) is 4.79 Å². The molecule has 2 aromatic carbocycles. The molecule has 2 unspecified atom stereocenters. The zero-order valence-corrected chi connectivity index (χ0v) is 21.3. The van der Waals surface area contributed by atoms with Crippen molar-refractivity contribution >= 4 is 22.9 Å². The van der Waals surface area contributed by atoms with E-state index >= 15 is 0 Å². The minimum atomic E-state index is -0.521. The highest BCUT2D eigenvalue weighted by Gasteiger charge is 2.29. The van der Waals surface area contributed by atoms with Crippen molar-refractivity contribution in [2.45, 2.75) is 58.8 Å². The van der Waals surface area contributed by atoms with E-state index in [2.05, 4.69) is 40.6 Å². The van der Waals surface area contributed by atoms with Crippen molar-refractivity contribution in [3.05, 3.63) is 59.8 Å². The highest BCUT2D eigenvalue weighted by molar-refractivity contribution is 5.90. The first-order valence-electron chi connectivity index (χ1n) is 12.6. The van der Waals surface area contributed by atoms with E-state index in [0.717, 1.165) is 39.8 Å². The standard InChI is InChI=1S/C29H33N3O4/c1-18(22-15-27(33)31-16-22)35-26-14-21(13-25-24(26)6-5-10-30-25)20-8-7-19-9-11-32(17-23(19)12-20)28(34)36-29(2,3)4/h5-8,10,12-14,18,22H,9,11,15-17H2,1-4H3,(H,31,33). The predicted molar refractivity (Wildman–Crippen MR) is 139 cm³/mol. The largest absolute Gasteiger partial charge is 0.490 e. The molecule has 0 saturated carbocycles. The number of carbonyl (C=O) groups excluding carboxylic acids is 2. The monoisotopic (exact) mass is 487 g/mol. The molecular formula is C29H33N3O4. The molecule has 1 N–H and O–H groups in total. The van der Waals surface area contributed by atoms with Crippen LogP contribution in [0.3, 0.4) is 0 Å². The Morgan fingerprint density at radius 3 is 2.72 bits per heavy atom. The maximum absolute atomic E-state index is 12.7. The van der Waals surface area contributed by atoms with E-state index in [4.69, 9.17) is 9.47 Å². The van der Waals surface area contributed by atoms with Crippen molar-refractivity contribution in [3.63, 3.8) is 0 Å². The van der Waals surface area contributed by atoms with Crippen molar-refractivity contribution in [2.24, 2.45) is 5.92 Å². The van der Waals surface area contributed by atoms with Crippen LogP contribution in [-0.2, 0) is 22.5 Å². The van der Waals surface area contributed by atoms with Crippen LogP contribution < -0.4 is 10.1 Å². The Kier molecular flexibility index (Phi) is 6.33. The molecule has 7 nitrogen and oxygen atoms in total. The van der Waals surface area contributed by atoms with Gasteiger partial charge in [0, 0.05) is 43.6 Å². The summed E-state index contributed by atoms with van der Waals surface area (Å²) in [7, 11) is 0. The number of nitrogens with one attached hydrogen (secondary N) is 1. The molecule has 188 valence electrons. The van der Waals surface area contributed by atoms with Gasteiger partial charge in [-0.15, -0.1) is 0 Å². The maximum Gasteiger partial charge on any atom is 0.410 e. The van der Waals surface area contributed by atoms with Gasteiger partial charge < -0.3 is 19.7 Å². The zero-order valence-electron chi connectivity index (χ0n) is 21.3. The van der Waals surface area contributed by atoms with E-state index in [1.54, 1.807) is 11.1 Å². The number of amides is 2. The van der Waals surface area contributed by atoms with Crippen LogP contribution in [0.25, 0.3) is 22.0 Å². The molecule has 5 rings (SSSR count). The Morgan fingerprint density at radius 1 is 1.14 bits per heavy atom. The van der Waals surface area contributed by atoms with Crippen LogP contribution in [-0.4, -0.2) is 46.7 Å².